The second kappa shape index (κ2) is 7.76. The van der Waals surface area contributed by atoms with E-state index >= 15 is 0 Å². The lowest BCUT2D eigenvalue weighted by molar-refractivity contribution is 0.0622. The summed E-state index contributed by atoms with van der Waals surface area (Å²) in [5, 5.41) is 4.46. The van der Waals surface area contributed by atoms with Gasteiger partial charge in [-0.2, -0.15) is 5.10 Å². The number of carbonyl (C=O) groups is 1. The van der Waals surface area contributed by atoms with E-state index in [1.807, 2.05) is 54.4 Å². The molecule has 0 spiro atoms. The molecule has 1 aliphatic rings. The first-order valence-corrected chi connectivity index (χ1v) is 9.36. The van der Waals surface area contributed by atoms with Crippen molar-refractivity contribution in [2.24, 2.45) is 7.05 Å². The van der Waals surface area contributed by atoms with Gasteiger partial charge < -0.3 is 4.90 Å². The highest BCUT2D eigenvalue weighted by Crippen LogP contribution is 2.20. The van der Waals surface area contributed by atoms with Crippen molar-refractivity contribution in [2.75, 3.05) is 26.2 Å². The smallest absolute Gasteiger partial charge is 0.274 e. The first kappa shape index (κ1) is 17.5. The maximum absolute atomic E-state index is 12.9. The SMILES string of the molecule is Cn1nc(C(=O)N2CCN(Cc3ccccc3)CC2)cc1-c1ccccc1. The summed E-state index contributed by atoms with van der Waals surface area (Å²) >= 11 is 0. The van der Waals surface area contributed by atoms with E-state index in [9.17, 15) is 4.79 Å². The van der Waals surface area contributed by atoms with Gasteiger partial charge in [0.2, 0.25) is 0 Å². The van der Waals surface area contributed by atoms with Crippen LogP contribution in [0.1, 0.15) is 16.1 Å². The zero-order chi connectivity index (χ0) is 18.6. The molecule has 2 aromatic carbocycles. The van der Waals surface area contributed by atoms with E-state index in [1.165, 1.54) is 5.56 Å². The molecular weight excluding hydrogens is 336 g/mol. The molecule has 1 aliphatic heterocycles. The summed E-state index contributed by atoms with van der Waals surface area (Å²) in [6, 6.07) is 22.4. The molecule has 5 nitrogen and oxygen atoms in total. The minimum absolute atomic E-state index is 0.0205. The van der Waals surface area contributed by atoms with Gasteiger partial charge in [-0.1, -0.05) is 60.7 Å². The molecule has 0 N–H and O–H groups in total. The van der Waals surface area contributed by atoms with Crippen molar-refractivity contribution in [3.05, 3.63) is 78.0 Å². The molecule has 2 heterocycles. The molecule has 0 unspecified atom stereocenters. The fourth-order valence-corrected chi connectivity index (χ4v) is 3.56. The standard InChI is InChI=1S/C22H24N4O/c1-24-21(19-10-6-3-7-11-19)16-20(23-24)22(27)26-14-12-25(13-15-26)17-18-8-4-2-5-9-18/h2-11,16H,12-15,17H2,1H3. The number of amides is 1. The summed E-state index contributed by atoms with van der Waals surface area (Å²) in [6.07, 6.45) is 0. The molecule has 1 fully saturated rings. The molecule has 1 aromatic heterocycles. The maximum atomic E-state index is 12.9. The average molecular weight is 360 g/mol. The number of hydrogen-bond donors (Lipinski definition) is 0. The van der Waals surface area contributed by atoms with Crippen LogP contribution in [0.15, 0.2) is 66.7 Å². The van der Waals surface area contributed by atoms with Gasteiger partial charge in [0.15, 0.2) is 5.69 Å². The highest BCUT2D eigenvalue weighted by molar-refractivity contribution is 5.93. The topological polar surface area (TPSA) is 41.4 Å². The van der Waals surface area contributed by atoms with E-state index < -0.39 is 0 Å². The van der Waals surface area contributed by atoms with Crippen molar-refractivity contribution >= 4 is 5.91 Å². The highest BCUT2D eigenvalue weighted by Gasteiger charge is 2.24. The fourth-order valence-electron chi connectivity index (χ4n) is 3.56. The van der Waals surface area contributed by atoms with Crippen LogP contribution in [0.25, 0.3) is 11.3 Å². The Morgan fingerprint density at radius 1 is 0.926 bits per heavy atom. The lowest BCUT2D eigenvalue weighted by Gasteiger charge is -2.34. The number of aryl methyl sites for hydroxylation is 1. The summed E-state index contributed by atoms with van der Waals surface area (Å²) in [6.45, 7) is 4.19. The lowest BCUT2D eigenvalue weighted by Crippen LogP contribution is -2.48. The van der Waals surface area contributed by atoms with Crippen molar-refractivity contribution in [1.82, 2.24) is 19.6 Å². The van der Waals surface area contributed by atoms with Crippen molar-refractivity contribution in [2.45, 2.75) is 6.54 Å². The molecule has 0 bridgehead atoms. The number of aromatic nitrogens is 2. The Morgan fingerprint density at radius 2 is 1.56 bits per heavy atom. The molecule has 0 atom stereocenters. The zero-order valence-corrected chi connectivity index (χ0v) is 15.6. The van der Waals surface area contributed by atoms with E-state index in [0.717, 1.165) is 44.0 Å². The molecule has 0 aliphatic carbocycles. The molecule has 3 aromatic rings. The molecule has 4 rings (SSSR count). The van der Waals surface area contributed by atoms with Crippen LogP contribution in [0.3, 0.4) is 0 Å². The molecule has 1 amide bonds. The fraction of sp³-hybridized carbons (Fsp3) is 0.273. The Balaban J connectivity index is 1.40. The quantitative estimate of drug-likeness (QED) is 0.718. The summed E-state index contributed by atoms with van der Waals surface area (Å²) in [5.41, 5.74) is 3.86. The maximum Gasteiger partial charge on any atom is 0.274 e. The largest absolute Gasteiger partial charge is 0.335 e. The van der Waals surface area contributed by atoms with Crippen LogP contribution in [0.4, 0.5) is 0 Å². The van der Waals surface area contributed by atoms with Gasteiger partial charge in [-0.3, -0.25) is 14.4 Å². The second-order valence-corrected chi connectivity index (χ2v) is 6.96. The molecule has 5 heteroatoms. The van der Waals surface area contributed by atoms with Crippen LogP contribution in [0.2, 0.25) is 0 Å². The second-order valence-electron chi connectivity index (χ2n) is 6.96. The minimum atomic E-state index is 0.0205. The van der Waals surface area contributed by atoms with Crippen LogP contribution in [-0.4, -0.2) is 51.7 Å². The van der Waals surface area contributed by atoms with Crippen LogP contribution in [-0.2, 0) is 13.6 Å². The molecule has 0 saturated carbocycles. The Morgan fingerprint density at radius 3 is 2.22 bits per heavy atom. The van der Waals surface area contributed by atoms with E-state index in [-0.39, 0.29) is 5.91 Å². The number of hydrogen-bond acceptors (Lipinski definition) is 3. The first-order chi connectivity index (χ1) is 13.2. The summed E-state index contributed by atoms with van der Waals surface area (Å²) in [4.78, 5) is 17.2. The van der Waals surface area contributed by atoms with Crippen molar-refractivity contribution in [1.29, 1.82) is 0 Å². The number of benzene rings is 2. The van der Waals surface area contributed by atoms with Crippen LogP contribution in [0, 0.1) is 0 Å². The van der Waals surface area contributed by atoms with Gasteiger partial charge in [-0.05, 0) is 17.2 Å². The van der Waals surface area contributed by atoms with Gasteiger partial charge in [-0.15, -0.1) is 0 Å². The van der Waals surface area contributed by atoms with Gasteiger partial charge >= 0.3 is 0 Å². The normalized spacial score (nSPS) is 15.1. The van der Waals surface area contributed by atoms with Crippen molar-refractivity contribution in [3.8, 4) is 11.3 Å². The predicted molar refractivity (Wildman–Crippen MR) is 106 cm³/mol. The van der Waals surface area contributed by atoms with Gasteiger partial charge in [-0.25, -0.2) is 0 Å². The third-order valence-electron chi connectivity index (χ3n) is 5.08. The highest BCUT2D eigenvalue weighted by atomic mass is 16.2. The summed E-state index contributed by atoms with van der Waals surface area (Å²) in [5.74, 6) is 0.0205. The third-order valence-corrected chi connectivity index (χ3v) is 5.08. The van der Waals surface area contributed by atoms with Crippen LogP contribution >= 0.6 is 0 Å². The average Bonchev–Trinajstić information content (AvgIpc) is 3.11. The summed E-state index contributed by atoms with van der Waals surface area (Å²) in [7, 11) is 1.89. The Kier molecular flexibility index (Phi) is 5.03. The molecular formula is C22H24N4O. The molecule has 27 heavy (non-hydrogen) atoms. The van der Waals surface area contributed by atoms with Crippen LogP contribution in [0.5, 0.6) is 0 Å². The van der Waals surface area contributed by atoms with Gasteiger partial charge in [0.05, 0.1) is 5.69 Å². The number of carbonyl (C=O) groups excluding carboxylic acids is 1. The van der Waals surface area contributed by atoms with E-state index in [4.69, 9.17) is 0 Å². The predicted octanol–water partition coefficient (Wildman–Crippen LogP) is 3.05. The van der Waals surface area contributed by atoms with Crippen molar-refractivity contribution < 1.29 is 4.79 Å². The van der Waals surface area contributed by atoms with Gasteiger partial charge in [0, 0.05) is 39.8 Å². The molecule has 0 radical (unpaired) electrons. The summed E-state index contributed by atoms with van der Waals surface area (Å²) < 4.78 is 1.79. The van der Waals surface area contributed by atoms with Crippen LogP contribution < -0.4 is 0 Å². The number of rotatable bonds is 4. The molecule has 138 valence electrons. The van der Waals surface area contributed by atoms with Gasteiger partial charge in [0.1, 0.15) is 0 Å². The minimum Gasteiger partial charge on any atom is -0.335 e. The Hall–Kier alpha value is -2.92. The lowest BCUT2D eigenvalue weighted by atomic mass is 10.1. The van der Waals surface area contributed by atoms with Crippen molar-refractivity contribution in [3.63, 3.8) is 0 Å². The number of nitrogens with zero attached hydrogens (tertiary/aromatic N) is 4. The molecule has 1 saturated heterocycles. The Bertz CT molecular complexity index is 897. The van der Waals surface area contributed by atoms with E-state index in [1.54, 1.807) is 4.68 Å². The monoisotopic (exact) mass is 360 g/mol. The number of piperazine rings is 1. The zero-order valence-electron chi connectivity index (χ0n) is 15.6. The van der Waals surface area contributed by atoms with Gasteiger partial charge in [0.25, 0.3) is 5.91 Å². The Labute approximate surface area is 159 Å². The first-order valence-electron chi connectivity index (χ1n) is 9.36. The van der Waals surface area contributed by atoms with E-state index in [2.05, 4.69) is 34.3 Å². The third kappa shape index (κ3) is 3.93. The van der Waals surface area contributed by atoms with E-state index in [0.29, 0.717) is 5.69 Å².